The predicted molar refractivity (Wildman–Crippen MR) is 75.6 cm³/mol. The van der Waals surface area contributed by atoms with Crippen molar-refractivity contribution in [1.82, 2.24) is 4.90 Å². The van der Waals surface area contributed by atoms with Crippen LogP contribution in [0.15, 0.2) is 0 Å². The molecule has 1 atom stereocenters. The van der Waals surface area contributed by atoms with Gasteiger partial charge in [-0.3, -0.25) is 4.79 Å². The fraction of sp³-hybridized carbons (Fsp3) is 0.938. The molecular weight excluding hydrogens is 222 g/mol. The second kappa shape index (κ2) is 5.73. The molecule has 2 fully saturated rings. The molecule has 2 heteroatoms. The first-order valence-electron chi connectivity index (χ1n) is 7.71. The summed E-state index contributed by atoms with van der Waals surface area (Å²) in [7, 11) is 2.23. The lowest BCUT2D eigenvalue weighted by molar-refractivity contribution is -0.125. The SMILES string of the molecule is CN(CC1CCCCC1=O)C1CCC(C)(C)CC1. The molecule has 0 aromatic carbocycles. The van der Waals surface area contributed by atoms with E-state index < -0.39 is 0 Å². The predicted octanol–water partition coefficient (Wildman–Crippen LogP) is 3.65. The molecule has 104 valence electrons. The maximum atomic E-state index is 11.9. The van der Waals surface area contributed by atoms with E-state index in [0.717, 1.165) is 25.8 Å². The van der Waals surface area contributed by atoms with Crippen LogP contribution in [0.25, 0.3) is 0 Å². The van der Waals surface area contributed by atoms with E-state index in [4.69, 9.17) is 0 Å². The summed E-state index contributed by atoms with van der Waals surface area (Å²) in [5.41, 5.74) is 0.540. The molecule has 0 radical (unpaired) electrons. The average Bonchev–Trinajstić information content (AvgIpc) is 2.32. The Labute approximate surface area is 112 Å². The van der Waals surface area contributed by atoms with Gasteiger partial charge in [0.15, 0.2) is 0 Å². The van der Waals surface area contributed by atoms with E-state index in [1.165, 1.54) is 32.1 Å². The minimum absolute atomic E-state index is 0.332. The van der Waals surface area contributed by atoms with Crippen molar-refractivity contribution in [2.24, 2.45) is 11.3 Å². The van der Waals surface area contributed by atoms with E-state index in [1.54, 1.807) is 0 Å². The smallest absolute Gasteiger partial charge is 0.137 e. The zero-order valence-corrected chi connectivity index (χ0v) is 12.4. The van der Waals surface area contributed by atoms with Crippen LogP contribution in [0.1, 0.15) is 65.2 Å². The Hall–Kier alpha value is -0.370. The van der Waals surface area contributed by atoms with Gasteiger partial charge in [-0.05, 0) is 51.0 Å². The monoisotopic (exact) mass is 251 g/mol. The summed E-state index contributed by atoms with van der Waals surface area (Å²) in [5, 5.41) is 0. The molecule has 0 N–H and O–H groups in total. The van der Waals surface area contributed by atoms with E-state index in [2.05, 4.69) is 25.8 Å². The number of carbonyl (C=O) groups is 1. The Balaban J connectivity index is 1.81. The van der Waals surface area contributed by atoms with Crippen LogP contribution in [-0.2, 0) is 4.79 Å². The third-order valence-electron chi connectivity index (χ3n) is 5.12. The van der Waals surface area contributed by atoms with Gasteiger partial charge in [0.25, 0.3) is 0 Å². The Morgan fingerprint density at radius 1 is 1.17 bits per heavy atom. The van der Waals surface area contributed by atoms with Crippen molar-refractivity contribution in [3.05, 3.63) is 0 Å². The second-order valence-corrected chi connectivity index (χ2v) is 7.24. The van der Waals surface area contributed by atoms with Crippen LogP contribution in [0.5, 0.6) is 0 Å². The van der Waals surface area contributed by atoms with Gasteiger partial charge in [0.2, 0.25) is 0 Å². The maximum absolute atomic E-state index is 11.9. The van der Waals surface area contributed by atoms with Crippen molar-refractivity contribution in [2.75, 3.05) is 13.6 Å². The summed E-state index contributed by atoms with van der Waals surface area (Å²) < 4.78 is 0. The Kier molecular flexibility index (Phi) is 4.47. The normalized spacial score (nSPS) is 29.8. The van der Waals surface area contributed by atoms with Gasteiger partial charge in [0.1, 0.15) is 5.78 Å². The van der Waals surface area contributed by atoms with E-state index in [9.17, 15) is 4.79 Å². The van der Waals surface area contributed by atoms with Gasteiger partial charge in [0, 0.05) is 24.9 Å². The van der Waals surface area contributed by atoms with Gasteiger partial charge >= 0.3 is 0 Å². The van der Waals surface area contributed by atoms with Gasteiger partial charge in [-0.15, -0.1) is 0 Å². The van der Waals surface area contributed by atoms with Crippen LogP contribution in [-0.4, -0.2) is 30.3 Å². The van der Waals surface area contributed by atoms with Gasteiger partial charge in [-0.2, -0.15) is 0 Å². The number of rotatable bonds is 3. The van der Waals surface area contributed by atoms with Crippen molar-refractivity contribution in [2.45, 2.75) is 71.3 Å². The van der Waals surface area contributed by atoms with E-state index in [1.807, 2.05) is 0 Å². The molecule has 2 aliphatic carbocycles. The number of nitrogens with zero attached hydrogens (tertiary/aromatic N) is 1. The van der Waals surface area contributed by atoms with Crippen molar-refractivity contribution in [1.29, 1.82) is 0 Å². The molecule has 0 aromatic rings. The molecule has 0 amide bonds. The van der Waals surface area contributed by atoms with Crippen LogP contribution in [0.2, 0.25) is 0 Å². The highest BCUT2D eigenvalue weighted by atomic mass is 16.1. The molecule has 2 rings (SSSR count). The molecule has 0 bridgehead atoms. The van der Waals surface area contributed by atoms with Crippen LogP contribution >= 0.6 is 0 Å². The van der Waals surface area contributed by atoms with Crippen LogP contribution < -0.4 is 0 Å². The molecule has 1 unspecified atom stereocenters. The average molecular weight is 251 g/mol. The van der Waals surface area contributed by atoms with Crippen molar-refractivity contribution >= 4 is 5.78 Å². The molecule has 0 saturated heterocycles. The molecule has 18 heavy (non-hydrogen) atoms. The van der Waals surface area contributed by atoms with Crippen molar-refractivity contribution in [3.63, 3.8) is 0 Å². The highest BCUT2D eigenvalue weighted by Crippen LogP contribution is 2.37. The molecule has 0 heterocycles. The molecule has 2 nitrogen and oxygen atoms in total. The number of hydrogen-bond donors (Lipinski definition) is 0. The van der Waals surface area contributed by atoms with Crippen LogP contribution in [0, 0.1) is 11.3 Å². The second-order valence-electron chi connectivity index (χ2n) is 7.24. The highest BCUT2D eigenvalue weighted by Gasteiger charge is 2.31. The Morgan fingerprint density at radius 3 is 2.44 bits per heavy atom. The quantitative estimate of drug-likeness (QED) is 0.763. The largest absolute Gasteiger partial charge is 0.303 e. The van der Waals surface area contributed by atoms with E-state index in [0.29, 0.717) is 23.2 Å². The fourth-order valence-corrected chi connectivity index (χ4v) is 3.57. The van der Waals surface area contributed by atoms with E-state index >= 15 is 0 Å². The summed E-state index contributed by atoms with van der Waals surface area (Å²) in [6, 6.07) is 0.716. The third-order valence-corrected chi connectivity index (χ3v) is 5.12. The number of Topliss-reactive ketones (excluding diaryl/α,β-unsaturated/α-hetero) is 1. The molecule has 0 aromatic heterocycles. The number of ketones is 1. The first-order chi connectivity index (χ1) is 8.48. The summed E-state index contributed by atoms with van der Waals surface area (Å²) in [5.74, 6) is 0.850. The first kappa shape index (κ1) is 14.0. The van der Waals surface area contributed by atoms with E-state index in [-0.39, 0.29) is 0 Å². The van der Waals surface area contributed by atoms with Crippen molar-refractivity contribution in [3.8, 4) is 0 Å². The fourth-order valence-electron chi connectivity index (χ4n) is 3.57. The highest BCUT2D eigenvalue weighted by molar-refractivity contribution is 5.81. The topological polar surface area (TPSA) is 20.3 Å². The Morgan fingerprint density at radius 2 is 1.83 bits per heavy atom. The standard InChI is InChI=1S/C16H29NO/c1-16(2)10-8-14(9-11-16)17(3)12-13-6-4-5-7-15(13)18/h13-14H,4-12H2,1-3H3. The molecular formula is C16H29NO. The zero-order chi connectivity index (χ0) is 13.2. The summed E-state index contributed by atoms with van der Waals surface area (Å²) in [4.78, 5) is 14.4. The molecule has 2 aliphatic rings. The lowest BCUT2D eigenvalue weighted by Gasteiger charge is -2.40. The zero-order valence-electron chi connectivity index (χ0n) is 12.4. The summed E-state index contributed by atoms with van der Waals surface area (Å²) >= 11 is 0. The van der Waals surface area contributed by atoms with Gasteiger partial charge in [-0.25, -0.2) is 0 Å². The minimum atomic E-state index is 0.332. The third kappa shape index (κ3) is 3.57. The van der Waals surface area contributed by atoms with Gasteiger partial charge < -0.3 is 4.90 Å². The Bertz CT molecular complexity index is 287. The first-order valence-corrected chi connectivity index (χ1v) is 7.71. The summed E-state index contributed by atoms with van der Waals surface area (Å²) in [6.07, 6.45) is 9.62. The van der Waals surface area contributed by atoms with Crippen LogP contribution in [0.4, 0.5) is 0 Å². The number of hydrogen-bond acceptors (Lipinski definition) is 2. The minimum Gasteiger partial charge on any atom is -0.303 e. The molecule has 0 aliphatic heterocycles. The maximum Gasteiger partial charge on any atom is 0.137 e. The molecule has 0 spiro atoms. The number of carbonyl (C=O) groups excluding carboxylic acids is 1. The lowest BCUT2D eigenvalue weighted by atomic mass is 9.75. The van der Waals surface area contributed by atoms with Gasteiger partial charge in [0.05, 0.1) is 0 Å². The van der Waals surface area contributed by atoms with Crippen molar-refractivity contribution < 1.29 is 4.79 Å². The lowest BCUT2D eigenvalue weighted by Crippen LogP contribution is -2.41. The molecule has 2 saturated carbocycles. The van der Waals surface area contributed by atoms with Crippen LogP contribution in [0.3, 0.4) is 0 Å². The summed E-state index contributed by atoms with van der Waals surface area (Å²) in [6.45, 7) is 5.77. The van der Waals surface area contributed by atoms with Gasteiger partial charge in [-0.1, -0.05) is 20.3 Å².